The number of alkyl halides is 3. The maximum atomic E-state index is 13.7. The van der Waals surface area contributed by atoms with Crippen molar-refractivity contribution in [2.45, 2.75) is 90.0 Å². The van der Waals surface area contributed by atoms with Gasteiger partial charge >= 0.3 is 6.18 Å². The normalized spacial score (nSPS) is 19.4. The lowest BCUT2D eigenvalue weighted by Crippen LogP contribution is -2.47. The van der Waals surface area contributed by atoms with Crippen LogP contribution in [0, 0.1) is 17.2 Å². The van der Waals surface area contributed by atoms with E-state index < -0.39 is 34.9 Å². The number of imide groups is 1. The van der Waals surface area contributed by atoms with E-state index in [2.05, 4.69) is 25.8 Å². The van der Waals surface area contributed by atoms with Crippen LogP contribution in [0.5, 0.6) is 5.75 Å². The van der Waals surface area contributed by atoms with Crippen molar-refractivity contribution in [2.24, 2.45) is 5.92 Å². The van der Waals surface area contributed by atoms with Gasteiger partial charge in [0.05, 0.1) is 30.1 Å². The second-order valence-corrected chi connectivity index (χ2v) is 15.5. The van der Waals surface area contributed by atoms with Crippen LogP contribution in [0.2, 0.25) is 0 Å². The molecule has 3 aliphatic heterocycles. The lowest BCUT2D eigenvalue weighted by atomic mass is 9.93. The Balaban J connectivity index is 1.01. The lowest BCUT2D eigenvalue weighted by Gasteiger charge is -2.35. The fourth-order valence-electron chi connectivity index (χ4n) is 7.56. The van der Waals surface area contributed by atoms with Crippen LogP contribution in [0.4, 0.5) is 35.9 Å². The molecule has 0 spiro atoms. The molecule has 6 rings (SSSR count). The number of halogens is 3. The van der Waals surface area contributed by atoms with Crippen molar-refractivity contribution in [3.8, 4) is 11.8 Å². The Labute approximate surface area is 339 Å². The van der Waals surface area contributed by atoms with Crippen LogP contribution in [0.3, 0.4) is 0 Å². The third-order valence-electron chi connectivity index (χ3n) is 11.0. The number of piperidine rings is 2. The van der Waals surface area contributed by atoms with E-state index in [-0.39, 0.29) is 41.0 Å². The summed E-state index contributed by atoms with van der Waals surface area (Å²) in [4.78, 5) is 59.0. The fourth-order valence-corrected chi connectivity index (χ4v) is 8.08. The molecule has 0 aliphatic carbocycles. The standard InChI is InChI=1S/C41H45F3N8O5S/c1-5-26-19-29(52-39(58)51(38(56)40(52,3)4)30-21-31(41(42,43)44)33(22-45)46-23-30)9-11-34(26)57-18-15-25-13-16-50(17-14-25)24(2)36(54)48-28-8-6-7-27(20-28)47-32-10-12-35(53)49-37(32)55/h6-9,11,19-21,23-25,32,47H,5,10,12-18H2,1-4H3,(H,48,54)(H,49,53,55)/t24-,32+/m1/s1. The van der Waals surface area contributed by atoms with Crippen molar-refractivity contribution in [2.75, 3.05) is 40.1 Å². The van der Waals surface area contributed by atoms with Gasteiger partial charge in [-0.3, -0.25) is 34.3 Å². The second-order valence-electron chi connectivity index (χ2n) is 15.2. The molecule has 4 heterocycles. The minimum atomic E-state index is -4.86. The number of carbonyl (C=O) groups excluding carboxylic acids is 4. The third kappa shape index (κ3) is 8.92. The monoisotopic (exact) mass is 818 g/mol. The lowest BCUT2D eigenvalue weighted by molar-refractivity contribution is -0.138. The summed E-state index contributed by atoms with van der Waals surface area (Å²) in [5.74, 6) is -0.234. The first-order chi connectivity index (χ1) is 27.5. The van der Waals surface area contributed by atoms with Gasteiger partial charge in [-0.2, -0.15) is 18.4 Å². The van der Waals surface area contributed by atoms with Crippen LogP contribution in [-0.4, -0.2) is 75.9 Å². The van der Waals surface area contributed by atoms with Crippen LogP contribution >= 0.6 is 12.2 Å². The van der Waals surface area contributed by atoms with E-state index in [1.54, 1.807) is 49.1 Å². The summed E-state index contributed by atoms with van der Waals surface area (Å²) in [5.41, 5.74) is -0.752. The first-order valence-electron chi connectivity index (χ1n) is 19.2. The SMILES string of the molecule is CCc1cc(N2C(=S)N(c3cnc(C#N)c(C(F)(F)F)c3)C(=O)C2(C)C)ccc1OCCC1CCN([C@H](C)C(=O)Nc2cccc(N[C@H]3CCC(=O)NC3=O)c2)CC1. The fraction of sp³-hybridized carbons (Fsp3) is 0.439. The van der Waals surface area contributed by atoms with Crippen molar-refractivity contribution in [1.29, 1.82) is 5.26 Å². The van der Waals surface area contributed by atoms with Crippen LogP contribution in [-0.2, 0) is 31.8 Å². The van der Waals surface area contributed by atoms with Crippen LogP contribution < -0.4 is 30.5 Å². The first kappa shape index (κ1) is 42.0. The molecule has 0 radical (unpaired) electrons. The van der Waals surface area contributed by atoms with Gasteiger partial charge in [0.2, 0.25) is 17.7 Å². The Kier molecular flexibility index (Phi) is 12.4. The molecule has 3 aromatic rings. The molecular weight excluding hydrogens is 774 g/mol. The Bertz CT molecular complexity index is 2150. The van der Waals surface area contributed by atoms with Gasteiger partial charge in [0.25, 0.3) is 5.91 Å². The molecule has 1 aromatic heterocycles. The smallest absolute Gasteiger partial charge is 0.419 e. The van der Waals surface area contributed by atoms with Crippen LogP contribution in [0.1, 0.15) is 76.6 Å². The molecule has 3 saturated heterocycles. The zero-order chi connectivity index (χ0) is 41.9. The summed E-state index contributed by atoms with van der Waals surface area (Å²) in [5, 5.41) is 17.6. The molecule has 13 nitrogen and oxygen atoms in total. The number of benzene rings is 2. The Morgan fingerprint density at radius 2 is 1.81 bits per heavy atom. The number of nitriles is 1. The highest BCUT2D eigenvalue weighted by molar-refractivity contribution is 7.81. The number of hydrogen-bond donors (Lipinski definition) is 3. The number of carbonyl (C=O) groups is 4. The molecule has 4 amide bonds. The summed E-state index contributed by atoms with van der Waals surface area (Å²) in [6, 6.07) is 13.9. The van der Waals surface area contributed by atoms with Gasteiger partial charge < -0.3 is 20.3 Å². The molecule has 3 aliphatic rings. The summed E-state index contributed by atoms with van der Waals surface area (Å²) in [6.45, 7) is 9.12. The molecule has 0 unspecified atom stereocenters. The topological polar surface area (TPSA) is 160 Å². The molecule has 17 heteroatoms. The zero-order valence-electron chi connectivity index (χ0n) is 32.6. The number of nitrogens with one attached hydrogen (secondary N) is 3. The molecule has 0 saturated carbocycles. The van der Waals surface area contributed by atoms with Gasteiger partial charge in [-0.25, -0.2) is 4.98 Å². The highest BCUT2D eigenvalue weighted by atomic mass is 32.1. The molecular formula is C41H45F3N8O5S. The average molecular weight is 819 g/mol. The van der Waals surface area contributed by atoms with Crippen LogP contribution in [0.15, 0.2) is 54.7 Å². The third-order valence-corrected chi connectivity index (χ3v) is 11.3. The van der Waals surface area contributed by atoms with Crippen molar-refractivity contribution < 1.29 is 37.1 Å². The van der Waals surface area contributed by atoms with E-state index in [4.69, 9.17) is 17.0 Å². The number of aryl methyl sites for hydroxylation is 1. The number of amides is 4. The van der Waals surface area contributed by atoms with Gasteiger partial charge in [0, 0.05) is 23.5 Å². The Morgan fingerprint density at radius 1 is 1.09 bits per heavy atom. The summed E-state index contributed by atoms with van der Waals surface area (Å²) >= 11 is 5.69. The van der Waals surface area contributed by atoms with Crippen molar-refractivity contribution in [3.63, 3.8) is 0 Å². The minimum absolute atomic E-state index is 0.0166. The minimum Gasteiger partial charge on any atom is -0.493 e. The van der Waals surface area contributed by atoms with Gasteiger partial charge in [-0.1, -0.05) is 13.0 Å². The predicted octanol–water partition coefficient (Wildman–Crippen LogP) is 6.18. The number of likely N-dealkylation sites (tertiary alicyclic amines) is 1. The molecule has 58 heavy (non-hydrogen) atoms. The molecule has 306 valence electrons. The number of pyridine rings is 1. The van der Waals surface area contributed by atoms with E-state index >= 15 is 0 Å². The second kappa shape index (κ2) is 17.1. The number of nitrogens with zero attached hydrogens (tertiary/aromatic N) is 5. The number of anilines is 4. The Hall–Kier alpha value is -5.60. The maximum absolute atomic E-state index is 13.7. The molecule has 2 atom stereocenters. The van der Waals surface area contributed by atoms with Crippen molar-refractivity contribution in [3.05, 3.63) is 71.5 Å². The van der Waals surface area contributed by atoms with Gasteiger partial charge in [0.1, 0.15) is 23.4 Å². The van der Waals surface area contributed by atoms with E-state index in [9.17, 15) is 37.6 Å². The van der Waals surface area contributed by atoms with Crippen molar-refractivity contribution >= 4 is 63.7 Å². The quantitative estimate of drug-likeness (QED) is 0.142. The molecule has 2 aromatic carbocycles. The summed E-state index contributed by atoms with van der Waals surface area (Å²) < 4.78 is 47.5. The zero-order valence-corrected chi connectivity index (χ0v) is 33.4. The van der Waals surface area contributed by atoms with E-state index in [0.717, 1.165) is 55.1 Å². The Morgan fingerprint density at radius 3 is 2.48 bits per heavy atom. The van der Waals surface area contributed by atoms with Gasteiger partial charge in [0.15, 0.2) is 10.8 Å². The number of ether oxygens (including phenoxy) is 1. The van der Waals surface area contributed by atoms with Gasteiger partial charge in [-0.15, -0.1) is 0 Å². The van der Waals surface area contributed by atoms with E-state index in [0.29, 0.717) is 48.2 Å². The molecule has 3 fully saturated rings. The first-order valence-corrected chi connectivity index (χ1v) is 19.6. The number of hydrogen-bond acceptors (Lipinski definition) is 10. The number of thiocarbonyl (C=S) groups is 1. The number of aromatic nitrogens is 1. The largest absolute Gasteiger partial charge is 0.493 e. The highest BCUT2D eigenvalue weighted by Gasteiger charge is 2.51. The summed E-state index contributed by atoms with van der Waals surface area (Å²) in [7, 11) is 0. The average Bonchev–Trinajstić information content (AvgIpc) is 3.37. The van der Waals surface area contributed by atoms with Crippen LogP contribution in [0.25, 0.3) is 0 Å². The van der Waals surface area contributed by atoms with E-state index in [1.165, 1.54) is 6.07 Å². The predicted molar refractivity (Wildman–Crippen MR) is 215 cm³/mol. The van der Waals surface area contributed by atoms with Gasteiger partial charge in [-0.05, 0) is 132 Å². The summed E-state index contributed by atoms with van der Waals surface area (Å²) in [6.07, 6.45) is 0.0740. The highest BCUT2D eigenvalue weighted by Crippen LogP contribution is 2.40. The van der Waals surface area contributed by atoms with E-state index in [1.807, 2.05) is 26.0 Å². The number of rotatable bonds is 12. The maximum Gasteiger partial charge on any atom is 0.419 e. The molecule has 0 bridgehead atoms. The van der Waals surface area contributed by atoms with Crippen molar-refractivity contribution in [1.82, 2.24) is 15.2 Å². The molecule has 3 N–H and O–H groups in total.